The van der Waals surface area contributed by atoms with E-state index in [1.54, 1.807) is 31.0 Å². The van der Waals surface area contributed by atoms with Gasteiger partial charge in [-0.1, -0.05) is 122 Å². The maximum Gasteiger partial charge on any atom is 0.248 e. The lowest BCUT2D eigenvalue weighted by Gasteiger charge is -2.43. The first-order chi connectivity index (χ1) is 46.1. The van der Waals surface area contributed by atoms with Crippen molar-refractivity contribution in [1.29, 1.82) is 0 Å². The quantitative estimate of drug-likeness (QED) is 0.280. The first-order valence-electron chi connectivity index (χ1n) is 35.7. The average molecular weight is 1380 g/mol. The molecule has 0 bridgehead atoms. The zero-order valence-corrected chi connectivity index (χ0v) is 60.3. The number of nitrogens with one attached hydrogen (secondary N) is 3. The molecule has 3 aliphatic heterocycles. The molecule has 1 spiro atoms. The zero-order chi connectivity index (χ0) is 71.0. The Kier molecular flexibility index (Phi) is 28.5. The van der Waals surface area contributed by atoms with Gasteiger partial charge < -0.3 is 64.8 Å². The number of benzene rings is 1. The molecule has 3 saturated heterocycles. The van der Waals surface area contributed by atoms with Crippen LogP contribution in [0.5, 0.6) is 0 Å². The Labute approximate surface area is 579 Å². The largest absolute Gasteiger partial charge is 0.378 e. The Hall–Kier alpha value is -6.89. The smallest absolute Gasteiger partial charge is 0.248 e. The molecule has 0 radical (unpaired) electrons. The molecule has 3 aliphatic carbocycles. The number of fused-ring (bicyclic) bond motifs is 1. The standard InChI is InChI=1S/C71H111ClN12O13/c1-12-47(4)61-68(94)78(7)44-59(87)76(5)45-60(88)80(9)55(41-49-22-15-13-16-23-49)66(92)77(6)43-57(85)73-52(32-29-48-27-30-51(72)31-28-48)65(91)84-35-21-26-53(84)64(90)75-71(33-19-20-34-71)70(96)82(11)62(50-24-17-14-18-25-50)69(95)81(10)56(67(93)83-36-38-97-39-37-83)42-58(86)79(8)54(40-46(2)3)63(89)74-61/h27-28,30-31,46-47,49-50,52-56,61-62H,12-26,29,32-45H2,1-11H3,(H,73,85)(H,74,89)(H,75,90)/t47-,52-,53?,54-,55-,56-,61-,62-/m0/s1. The number of morpholine rings is 1. The van der Waals surface area contributed by atoms with Gasteiger partial charge in [0.25, 0.3) is 0 Å². The lowest BCUT2D eigenvalue weighted by atomic mass is 9.81. The third-order valence-electron chi connectivity index (χ3n) is 21.6. The monoisotopic (exact) mass is 1370 g/mol. The van der Waals surface area contributed by atoms with E-state index < -0.39 is 151 Å². The number of ether oxygens (including phenoxy) is 1. The van der Waals surface area contributed by atoms with Crippen molar-refractivity contribution >= 4 is 82.5 Å². The summed E-state index contributed by atoms with van der Waals surface area (Å²) in [6, 6.07) is -1.08. The van der Waals surface area contributed by atoms with Gasteiger partial charge in [-0.05, 0) is 106 Å². The number of rotatable bonds is 11. The van der Waals surface area contributed by atoms with E-state index in [0.717, 1.165) is 56.9 Å². The fourth-order valence-electron chi connectivity index (χ4n) is 15.2. The van der Waals surface area contributed by atoms with Crippen LogP contribution >= 0.6 is 11.6 Å². The Morgan fingerprint density at radius 3 is 1.82 bits per heavy atom. The molecule has 1 aromatic rings. The molecule has 540 valence electrons. The summed E-state index contributed by atoms with van der Waals surface area (Å²) in [5.74, 6) is -7.85. The van der Waals surface area contributed by atoms with Crippen molar-refractivity contribution in [2.75, 3.05) is 102 Å². The number of nitrogens with zero attached hydrogens (tertiary/aromatic N) is 9. The minimum absolute atomic E-state index is 0.0851. The molecule has 12 amide bonds. The summed E-state index contributed by atoms with van der Waals surface area (Å²) in [6.07, 6.45) is 11.3. The highest BCUT2D eigenvalue weighted by molar-refractivity contribution is 6.30. The molecule has 3 N–H and O–H groups in total. The van der Waals surface area contributed by atoms with Crippen LogP contribution in [-0.2, 0) is 68.7 Å². The number of hydrogen-bond acceptors (Lipinski definition) is 13. The lowest BCUT2D eigenvalue weighted by Crippen LogP contribution is -2.65. The number of carbonyl (C=O) groups excluding carboxylic acids is 12. The number of halogens is 1. The van der Waals surface area contributed by atoms with Gasteiger partial charge in [-0.15, -0.1) is 0 Å². The number of amides is 12. The highest BCUT2D eigenvalue weighted by Gasteiger charge is 2.51. The van der Waals surface area contributed by atoms with Gasteiger partial charge in [-0.2, -0.15) is 0 Å². The van der Waals surface area contributed by atoms with E-state index in [2.05, 4.69) is 16.0 Å². The van der Waals surface area contributed by atoms with Crippen LogP contribution in [-0.4, -0.2) is 265 Å². The van der Waals surface area contributed by atoms with Crippen molar-refractivity contribution in [1.82, 2.24) is 60.0 Å². The van der Waals surface area contributed by atoms with E-state index in [1.165, 1.54) is 81.5 Å². The van der Waals surface area contributed by atoms with Crippen molar-refractivity contribution in [2.45, 2.75) is 217 Å². The molecule has 3 saturated carbocycles. The second-order valence-corrected chi connectivity index (χ2v) is 29.5. The lowest BCUT2D eigenvalue weighted by molar-refractivity contribution is -0.158. The fourth-order valence-corrected chi connectivity index (χ4v) is 15.4. The van der Waals surface area contributed by atoms with Gasteiger partial charge in [0.05, 0.1) is 39.3 Å². The average Bonchev–Trinajstić information content (AvgIpc) is 1.76. The minimum Gasteiger partial charge on any atom is -0.378 e. The maximum absolute atomic E-state index is 15.8. The Bertz CT molecular complexity index is 2950. The number of likely N-dealkylation sites (N-methyl/N-ethyl adjacent to an activating group) is 7. The molecular formula is C71H111ClN12O13. The molecule has 6 fully saturated rings. The molecule has 8 atom stereocenters. The fraction of sp³-hybridized carbons (Fsp3) is 0.746. The summed E-state index contributed by atoms with van der Waals surface area (Å²) in [4.78, 5) is 191. The van der Waals surface area contributed by atoms with Crippen molar-refractivity contribution in [3.8, 4) is 0 Å². The van der Waals surface area contributed by atoms with Crippen molar-refractivity contribution in [2.24, 2.45) is 23.7 Å². The van der Waals surface area contributed by atoms with E-state index >= 15 is 28.8 Å². The summed E-state index contributed by atoms with van der Waals surface area (Å²) in [5, 5.41) is 9.51. The van der Waals surface area contributed by atoms with E-state index in [9.17, 15) is 28.8 Å². The molecule has 6 aliphatic rings. The Morgan fingerprint density at radius 2 is 1.21 bits per heavy atom. The summed E-state index contributed by atoms with van der Waals surface area (Å²) in [7, 11) is 10.3. The van der Waals surface area contributed by atoms with Crippen LogP contribution in [0.15, 0.2) is 24.3 Å². The van der Waals surface area contributed by atoms with Crippen molar-refractivity contribution in [3.63, 3.8) is 0 Å². The Balaban J connectivity index is 1.28. The molecule has 25 nitrogen and oxygen atoms in total. The third-order valence-corrected chi connectivity index (χ3v) is 21.8. The summed E-state index contributed by atoms with van der Waals surface area (Å²) in [5.41, 5.74) is -0.665. The normalized spacial score (nSPS) is 27.2. The SMILES string of the molecule is CC[C@H](C)[C@@H]1NC(=O)[C@H](CC(C)C)N(C)C(=O)C[C@@H](C(=O)N2CCOCC2)N(C)C(=O)[C@H](C2CCCCC2)N(C)C(=O)C2(CCCC2)NC(=O)C2CCCN2C(=O)[C@H](CCc2ccc(Cl)cc2)NC(=O)CN(C)C(=O)[C@H](CC2CCCCC2)N(C)C(=O)CN(C)C(=O)CN(C)C1=O. The summed E-state index contributed by atoms with van der Waals surface area (Å²) < 4.78 is 5.62. The molecule has 3 heterocycles. The molecule has 97 heavy (non-hydrogen) atoms. The molecule has 1 aromatic carbocycles. The molecular weight excluding hydrogens is 1260 g/mol. The Morgan fingerprint density at radius 1 is 0.608 bits per heavy atom. The third kappa shape index (κ3) is 19.9. The second-order valence-electron chi connectivity index (χ2n) is 29.0. The highest BCUT2D eigenvalue weighted by Crippen LogP contribution is 2.37. The number of aryl methyl sites for hydroxylation is 1. The zero-order valence-electron chi connectivity index (χ0n) is 59.6. The highest BCUT2D eigenvalue weighted by atomic mass is 35.5. The maximum atomic E-state index is 15.8. The van der Waals surface area contributed by atoms with Gasteiger partial charge >= 0.3 is 0 Å². The van der Waals surface area contributed by atoms with E-state index in [4.69, 9.17) is 16.3 Å². The molecule has 7 rings (SSSR count). The van der Waals surface area contributed by atoms with Crippen LogP contribution < -0.4 is 16.0 Å². The van der Waals surface area contributed by atoms with Crippen molar-refractivity contribution in [3.05, 3.63) is 34.9 Å². The first-order valence-corrected chi connectivity index (χ1v) is 36.1. The van der Waals surface area contributed by atoms with Gasteiger partial charge in [-0.25, -0.2) is 0 Å². The second kappa shape index (κ2) is 35.7. The molecule has 0 aromatic heterocycles. The van der Waals surface area contributed by atoms with Gasteiger partial charge in [0.2, 0.25) is 70.9 Å². The van der Waals surface area contributed by atoms with Crippen LogP contribution in [0.25, 0.3) is 0 Å². The summed E-state index contributed by atoms with van der Waals surface area (Å²) >= 11 is 6.26. The van der Waals surface area contributed by atoms with E-state index in [-0.39, 0.29) is 82.7 Å². The topological polar surface area (TPSA) is 279 Å². The van der Waals surface area contributed by atoms with E-state index in [0.29, 0.717) is 56.4 Å². The van der Waals surface area contributed by atoms with Crippen molar-refractivity contribution < 1.29 is 62.3 Å². The predicted molar refractivity (Wildman–Crippen MR) is 366 cm³/mol. The van der Waals surface area contributed by atoms with Crippen LogP contribution in [0.3, 0.4) is 0 Å². The van der Waals surface area contributed by atoms with Crippen LogP contribution in [0.2, 0.25) is 5.02 Å². The minimum atomic E-state index is -1.49. The molecule has 26 heteroatoms. The van der Waals surface area contributed by atoms with Gasteiger partial charge in [0.1, 0.15) is 47.8 Å². The first kappa shape index (κ1) is 77.5. The predicted octanol–water partition coefficient (Wildman–Crippen LogP) is 4.25. The van der Waals surface area contributed by atoms with Crippen LogP contribution in [0, 0.1) is 23.7 Å². The van der Waals surface area contributed by atoms with Crippen LogP contribution in [0.4, 0.5) is 0 Å². The van der Waals surface area contributed by atoms with Gasteiger partial charge in [-0.3, -0.25) is 57.5 Å². The number of carbonyl (C=O) groups is 12. The molecule has 1 unspecified atom stereocenters. The van der Waals surface area contributed by atoms with Gasteiger partial charge in [0.15, 0.2) is 0 Å². The van der Waals surface area contributed by atoms with E-state index in [1.807, 2.05) is 32.9 Å². The summed E-state index contributed by atoms with van der Waals surface area (Å²) in [6.45, 7) is 6.93. The van der Waals surface area contributed by atoms with Gasteiger partial charge in [0, 0.05) is 74.0 Å². The number of hydrogen-bond donors (Lipinski definition) is 3. The van der Waals surface area contributed by atoms with Crippen LogP contribution in [0.1, 0.15) is 168 Å².